The van der Waals surface area contributed by atoms with Crippen LogP contribution in [0.4, 0.5) is 0 Å². The molecule has 42 heavy (non-hydrogen) atoms. The largest absolute Gasteiger partial charge is 0.143 e. The van der Waals surface area contributed by atoms with E-state index in [2.05, 4.69) is 111 Å². The van der Waals surface area contributed by atoms with Gasteiger partial charge in [-0.25, -0.2) is 0 Å². The molecule has 0 aromatic heterocycles. The maximum atomic E-state index is 4.75. The van der Waals surface area contributed by atoms with Crippen molar-refractivity contribution in [1.82, 2.24) is 0 Å². The van der Waals surface area contributed by atoms with Gasteiger partial charge in [0.05, 0.1) is 0 Å². The smallest absolute Gasteiger partial charge is 0.0271 e. The SMILES string of the molecule is CC1(C2c3ccc(cc3)C2C2(C)c3ccc(S)cc3Sc3cc(S)ccc32)c2ccc(S)cc2Sc2cc(S)ccc21. The Hall–Kier alpha value is -1.80. The average Bonchev–Trinajstić information content (AvgIpc) is 2.96. The molecular weight excluding hydrogens is 625 g/mol. The summed E-state index contributed by atoms with van der Waals surface area (Å²) in [6.07, 6.45) is 0. The van der Waals surface area contributed by atoms with Gasteiger partial charge in [0.15, 0.2) is 0 Å². The summed E-state index contributed by atoms with van der Waals surface area (Å²) in [7, 11) is 0. The van der Waals surface area contributed by atoms with Gasteiger partial charge in [0.25, 0.3) is 0 Å². The highest BCUT2D eigenvalue weighted by Gasteiger charge is 2.56. The summed E-state index contributed by atoms with van der Waals surface area (Å²) in [6.45, 7) is 4.95. The minimum Gasteiger partial charge on any atom is -0.143 e. The molecule has 0 nitrogen and oxygen atoms in total. The molecule has 2 aliphatic heterocycles. The minimum atomic E-state index is -0.291. The molecule has 9 rings (SSSR count). The van der Waals surface area contributed by atoms with E-state index in [0.29, 0.717) is 0 Å². The lowest BCUT2D eigenvalue weighted by molar-refractivity contribution is 0.282. The molecule has 208 valence electrons. The van der Waals surface area contributed by atoms with Crippen LogP contribution in [0.15, 0.2) is 136 Å². The Labute approximate surface area is 278 Å². The van der Waals surface area contributed by atoms with Crippen LogP contribution in [0.1, 0.15) is 59.1 Å². The van der Waals surface area contributed by atoms with Gasteiger partial charge >= 0.3 is 0 Å². The monoisotopic (exact) mass is 652 g/mol. The molecule has 2 heterocycles. The van der Waals surface area contributed by atoms with Crippen LogP contribution in [0.25, 0.3) is 0 Å². The summed E-state index contributed by atoms with van der Waals surface area (Å²) >= 11 is 22.7. The number of benzene rings is 5. The second-order valence-corrected chi connectivity index (χ2v) is 16.2. The van der Waals surface area contributed by atoms with Gasteiger partial charge in [-0.3, -0.25) is 0 Å². The van der Waals surface area contributed by atoms with Crippen LogP contribution in [0.3, 0.4) is 0 Å². The van der Waals surface area contributed by atoms with Gasteiger partial charge in [-0.1, -0.05) is 85.9 Å². The second kappa shape index (κ2) is 9.85. The Morgan fingerprint density at radius 2 is 0.690 bits per heavy atom. The highest BCUT2D eigenvalue weighted by molar-refractivity contribution is 7.99. The summed E-state index contributed by atoms with van der Waals surface area (Å²) in [5.74, 6) is 0.384. The Bertz CT molecular complexity index is 1680. The minimum absolute atomic E-state index is 0.192. The van der Waals surface area contributed by atoms with Crippen molar-refractivity contribution in [3.8, 4) is 0 Å². The summed E-state index contributed by atoms with van der Waals surface area (Å²) in [4.78, 5) is 9.06. The van der Waals surface area contributed by atoms with Crippen LogP contribution in [0, 0.1) is 0 Å². The first-order chi connectivity index (χ1) is 20.2. The van der Waals surface area contributed by atoms with Gasteiger partial charge in [-0.05, 0) is 81.9 Å². The van der Waals surface area contributed by atoms with Crippen LogP contribution in [0.2, 0.25) is 0 Å². The third-order valence-corrected chi connectivity index (χ3v) is 13.1. The predicted octanol–water partition coefficient (Wildman–Crippen LogP) is 11.0. The molecule has 0 N–H and O–H groups in total. The van der Waals surface area contributed by atoms with E-state index in [-0.39, 0.29) is 22.7 Å². The fourth-order valence-electron chi connectivity index (χ4n) is 7.92. The molecule has 5 aromatic carbocycles. The highest BCUT2D eigenvalue weighted by atomic mass is 32.2. The number of hydrogen-bond acceptors (Lipinski definition) is 6. The van der Waals surface area contributed by atoms with E-state index in [1.54, 1.807) is 0 Å². The Morgan fingerprint density at radius 1 is 0.429 bits per heavy atom. The second-order valence-electron chi connectivity index (χ2n) is 12.0. The van der Waals surface area contributed by atoms with Gasteiger partial charge in [-0.15, -0.1) is 50.5 Å². The van der Waals surface area contributed by atoms with Crippen LogP contribution >= 0.6 is 74.0 Å². The zero-order valence-electron chi connectivity index (χ0n) is 23.0. The lowest BCUT2D eigenvalue weighted by Gasteiger charge is -2.55. The molecule has 2 unspecified atom stereocenters. The van der Waals surface area contributed by atoms with Crippen molar-refractivity contribution in [2.24, 2.45) is 0 Å². The standard InChI is InChI=1S/C36H28S6/c1-35(25-11-7-21(37)15-29(25)41-30-16-22(38)8-12-26(30)35)33-19-3-5-20(6-4-19)34(33)36(2)27-13-9-23(39)17-31(27)42-32-18-24(40)10-14-28(32)36/h3-18,33-34,37-40H,1-2H3. The van der Waals surface area contributed by atoms with E-state index < -0.39 is 0 Å². The van der Waals surface area contributed by atoms with E-state index in [0.717, 1.165) is 19.6 Å². The lowest BCUT2D eigenvalue weighted by atomic mass is 9.50. The summed E-state index contributed by atoms with van der Waals surface area (Å²) in [5.41, 5.74) is 7.65. The molecule has 0 radical (unpaired) electrons. The molecule has 0 spiro atoms. The van der Waals surface area contributed by atoms with Crippen molar-refractivity contribution in [2.45, 2.75) is 75.7 Å². The van der Waals surface area contributed by atoms with E-state index in [4.69, 9.17) is 50.5 Å². The van der Waals surface area contributed by atoms with E-state index in [1.807, 2.05) is 23.5 Å². The molecule has 0 fully saturated rings. The van der Waals surface area contributed by atoms with E-state index >= 15 is 0 Å². The number of fused-ring (bicyclic) bond motifs is 7. The Balaban J connectivity index is 1.45. The maximum Gasteiger partial charge on any atom is 0.0271 e. The molecule has 2 aliphatic carbocycles. The summed E-state index contributed by atoms with van der Waals surface area (Å²) in [5, 5.41) is 0. The molecule has 0 amide bonds. The van der Waals surface area contributed by atoms with Crippen molar-refractivity contribution in [3.63, 3.8) is 0 Å². The molecule has 2 bridgehead atoms. The maximum absolute atomic E-state index is 4.75. The van der Waals surface area contributed by atoms with Gasteiger partial charge in [0.2, 0.25) is 0 Å². The topological polar surface area (TPSA) is 0 Å². The van der Waals surface area contributed by atoms with Crippen molar-refractivity contribution in [2.75, 3.05) is 0 Å². The van der Waals surface area contributed by atoms with Crippen LogP contribution in [-0.4, -0.2) is 0 Å². The molecular formula is C36H28S6. The molecule has 0 saturated heterocycles. The van der Waals surface area contributed by atoms with Crippen molar-refractivity contribution >= 4 is 74.0 Å². The van der Waals surface area contributed by atoms with Crippen molar-refractivity contribution in [3.05, 3.63) is 130 Å². The van der Waals surface area contributed by atoms with Gasteiger partial charge in [-0.2, -0.15) is 0 Å². The normalized spacial score (nSPS) is 20.3. The first kappa shape index (κ1) is 27.7. The first-order valence-electron chi connectivity index (χ1n) is 14.0. The van der Waals surface area contributed by atoms with Gasteiger partial charge in [0.1, 0.15) is 0 Å². The molecule has 5 aromatic rings. The number of rotatable bonds is 2. The van der Waals surface area contributed by atoms with Gasteiger partial charge in [0, 0.05) is 61.8 Å². The Kier molecular flexibility index (Phi) is 6.50. The lowest BCUT2D eigenvalue weighted by Crippen LogP contribution is -2.47. The van der Waals surface area contributed by atoms with Crippen LogP contribution in [0.5, 0.6) is 0 Å². The zero-order valence-corrected chi connectivity index (χ0v) is 28.2. The fraction of sp³-hybridized carbons (Fsp3) is 0.167. The Morgan fingerprint density at radius 3 is 0.952 bits per heavy atom. The quantitative estimate of drug-likeness (QED) is 0.140. The highest BCUT2D eigenvalue weighted by Crippen LogP contribution is 2.67. The van der Waals surface area contributed by atoms with Gasteiger partial charge < -0.3 is 0 Å². The third-order valence-electron chi connectivity index (χ3n) is 9.77. The third kappa shape index (κ3) is 3.92. The molecule has 4 aliphatic rings. The number of thiol groups is 4. The van der Waals surface area contributed by atoms with Crippen LogP contribution < -0.4 is 0 Å². The predicted molar refractivity (Wildman–Crippen MR) is 188 cm³/mol. The summed E-state index contributed by atoms with van der Waals surface area (Å²) < 4.78 is 0. The van der Waals surface area contributed by atoms with Crippen LogP contribution in [-0.2, 0) is 10.8 Å². The summed E-state index contributed by atoms with van der Waals surface area (Å²) in [6, 6.07) is 36.3. The van der Waals surface area contributed by atoms with Crippen molar-refractivity contribution in [1.29, 1.82) is 0 Å². The fourth-order valence-corrected chi connectivity index (χ4v) is 11.9. The van der Waals surface area contributed by atoms with Crippen molar-refractivity contribution < 1.29 is 0 Å². The average molecular weight is 653 g/mol. The molecule has 2 atom stereocenters. The first-order valence-corrected chi connectivity index (χ1v) is 17.4. The molecule has 0 saturated carbocycles. The molecule has 6 heteroatoms. The van der Waals surface area contributed by atoms with E-state index in [9.17, 15) is 0 Å². The number of hydrogen-bond donors (Lipinski definition) is 4. The zero-order chi connectivity index (χ0) is 29.0. The van der Waals surface area contributed by atoms with E-state index in [1.165, 1.54) is 53.0 Å².